The van der Waals surface area contributed by atoms with Crippen LogP contribution < -0.4 is 10.2 Å². The van der Waals surface area contributed by atoms with Gasteiger partial charge in [-0.1, -0.05) is 120 Å². The zero-order valence-corrected chi connectivity index (χ0v) is 24.1. The first-order chi connectivity index (χ1) is 18.3. The molecule has 4 heteroatoms. The Morgan fingerprint density at radius 3 is 1.84 bits per heavy atom. The van der Waals surface area contributed by atoms with Crippen molar-refractivity contribution in [2.45, 2.75) is 111 Å². The molecule has 0 atom stereocenters. The minimum absolute atomic E-state index is 0.133. The number of pyridine rings is 1. The molecule has 2 aromatic carbocycles. The van der Waals surface area contributed by atoms with Crippen molar-refractivity contribution in [2.24, 2.45) is 5.41 Å². The summed E-state index contributed by atoms with van der Waals surface area (Å²) in [7, 11) is 0. The number of rotatable bonds is 15. The van der Waals surface area contributed by atoms with Gasteiger partial charge in [0, 0.05) is 17.5 Å². The number of unbranched alkanes of at least 4 members (excludes halogenated alkanes) is 11. The standard InChI is InChI=1S/C34H47NO3/c1-5-6-7-8-9-10-11-12-13-14-15-21-26-35-29-25-20-19-24-28(29)31(36)32(38-33(37)34(2,3)4)30(35)27-22-17-16-18-23-27/h16-20,22-25H,5-15,21,26H2,1-4H3. The van der Waals surface area contributed by atoms with Crippen molar-refractivity contribution in [3.8, 4) is 17.0 Å². The topological polar surface area (TPSA) is 48.3 Å². The van der Waals surface area contributed by atoms with Crippen molar-refractivity contribution < 1.29 is 9.53 Å². The van der Waals surface area contributed by atoms with Crippen LogP contribution in [0.3, 0.4) is 0 Å². The van der Waals surface area contributed by atoms with Crippen molar-refractivity contribution >= 4 is 16.9 Å². The molecule has 1 aromatic heterocycles. The minimum atomic E-state index is -0.716. The van der Waals surface area contributed by atoms with Gasteiger partial charge >= 0.3 is 5.97 Å². The molecule has 0 aliphatic carbocycles. The molecule has 0 aliphatic heterocycles. The number of esters is 1. The number of aromatic nitrogens is 1. The van der Waals surface area contributed by atoms with Gasteiger partial charge in [-0.05, 0) is 39.3 Å². The lowest BCUT2D eigenvalue weighted by molar-refractivity contribution is -0.143. The Labute approximate surface area is 229 Å². The average Bonchev–Trinajstić information content (AvgIpc) is 2.91. The van der Waals surface area contributed by atoms with Crippen molar-refractivity contribution in [2.75, 3.05) is 0 Å². The Morgan fingerprint density at radius 2 is 1.26 bits per heavy atom. The lowest BCUT2D eigenvalue weighted by Gasteiger charge is -2.23. The molecule has 0 saturated carbocycles. The van der Waals surface area contributed by atoms with Gasteiger partial charge < -0.3 is 9.30 Å². The summed E-state index contributed by atoms with van der Waals surface area (Å²) in [5, 5.41) is 0.586. The molecule has 1 heterocycles. The predicted octanol–water partition coefficient (Wildman–Crippen LogP) is 9.32. The smallest absolute Gasteiger partial charge is 0.316 e. The fraction of sp³-hybridized carbons (Fsp3) is 0.529. The highest BCUT2D eigenvalue weighted by Crippen LogP contribution is 2.33. The Morgan fingerprint density at radius 1 is 0.737 bits per heavy atom. The summed E-state index contributed by atoms with van der Waals surface area (Å²) in [4.78, 5) is 26.5. The first-order valence-corrected chi connectivity index (χ1v) is 14.8. The quantitative estimate of drug-likeness (QED) is 0.149. The molecule has 0 radical (unpaired) electrons. The van der Waals surface area contributed by atoms with Gasteiger partial charge in [0.15, 0.2) is 0 Å². The van der Waals surface area contributed by atoms with Crippen molar-refractivity contribution in [1.29, 1.82) is 0 Å². The van der Waals surface area contributed by atoms with Gasteiger partial charge in [-0.2, -0.15) is 0 Å². The second kappa shape index (κ2) is 14.9. The van der Waals surface area contributed by atoms with E-state index in [1.165, 1.54) is 64.2 Å². The first kappa shape index (κ1) is 29.7. The van der Waals surface area contributed by atoms with Crippen LogP contribution in [0.15, 0.2) is 59.4 Å². The number of carbonyl (C=O) groups excluding carboxylic acids is 1. The highest BCUT2D eigenvalue weighted by Gasteiger charge is 2.28. The molecule has 206 valence electrons. The molecule has 0 unspecified atom stereocenters. The number of nitrogens with zero attached hydrogens (tertiary/aromatic N) is 1. The maximum atomic E-state index is 13.6. The largest absolute Gasteiger partial charge is 0.420 e. The number of hydrogen-bond donors (Lipinski definition) is 0. The van der Waals surface area contributed by atoms with Crippen molar-refractivity contribution in [1.82, 2.24) is 4.57 Å². The lowest BCUT2D eigenvalue weighted by Crippen LogP contribution is -2.29. The predicted molar refractivity (Wildman–Crippen MR) is 160 cm³/mol. The van der Waals surface area contributed by atoms with E-state index in [0.29, 0.717) is 11.1 Å². The SMILES string of the molecule is CCCCCCCCCCCCCCn1c(-c2ccccc2)c(OC(=O)C(C)(C)C)c(=O)c2ccccc21. The van der Waals surface area contributed by atoms with E-state index < -0.39 is 11.4 Å². The number of para-hydroxylation sites is 1. The van der Waals surface area contributed by atoms with Crippen LogP contribution in [0.1, 0.15) is 105 Å². The van der Waals surface area contributed by atoms with Crippen LogP contribution in [0.5, 0.6) is 5.75 Å². The van der Waals surface area contributed by atoms with Crippen LogP contribution in [-0.2, 0) is 11.3 Å². The van der Waals surface area contributed by atoms with Crippen LogP contribution in [0.2, 0.25) is 0 Å². The second-order valence-electron chi connectivity index (χ2n) is 11.6. The van der Waals surface area contributed by atoms with E-state index in [4.69, 9.17) is 4.74 Å². The first-order valence-electron chi connectivity index (χ1n) is 14.8. The van der Waals surface area contributed by atoms with E-state index in [-0.39, 0.29) is 11.2 Å². The Balaban J connectivity index is 1.76. The third-order valence-electron chi connectivity index (χ3n) is 7.22. The van der Waals surface area contributed by atoms with Crippen LogP contribution in [0, 0.1) is 5.41 Å². The van der Waals surface area contributed by atoms with Crippen molar-refractivity contribution in [3.05, 3.63) is 64.8 Å². The van der Waals surface area contributed by atoms with E-state index in [1.807, 2.05) is 75.4 Å². The van der Waals surface area contributed by atoms with Gasteiger partial charge in [0.25, 0.3) is 0 Å². The molecular formula is C34H47NO3. The molecule has 38 heavy (non-hydrogen) atoms. The Hall–Kier alpha value is -2.88. The highest BCUT2D eigenvalue weighted by molar-refractivity contribution is 5.88. The van der Waals surface area contributed by atoms with E-state index in [0.717, 1.165) is 30.5 Å². The van der Waals surface area contributed by atoms with E-state index in [1.54, 1.807) is 0 Å². The average molecular weight is 518 g/mol. The van der Waals surface area contributed by atoms with E-state index >= 15 is 0 Å². The van der Waals surface area contributed by atoms with Gasteiger partial charge in [-0.15, -0.1) is 0 Å². The van der Waals surface area contributed by atoms with E-state index in [2.05, 4.69) is 11.5 Å². The summed E-state index contributed by atoms with van der Waals surface area (Å²) in [6.45, 7) is 8.46. The maximum Gasteiger partial charge on any atom is 0.316 e. The van der Waals surface area contributed by atoms with Crippen LogP contribution >= 0.6 is 0 Å². The van der Waals surface area contributed by atoms with Gasteiger partial charge in [0.2, 0.25) is 11.2 Å². The maximum absolute atomic E-state index is 13.6. The van der Waals surface area contributed by atoms with Crippen LogP contribution in [0.25, 0.3) is 22.2 Å². The zero-order valence-electron chi connectivity index (χ0n) is 24.1. The van der Waals surface area contributed by atoms with Gasteiger partial charge in [0.1, 0.15) is 0 Å². The number of carbonyl (C=O) groups is 1. The molecule has 4 nitrogen and oxygen atoms in total. The van der Waals surface area contributed by atoms with Crippen molar-refractivity contribution in [3.63, 3.8) is 0 Å². The molecule has 0 amide bonds. The molecular weight excluding hydrogens is 470 g/mol. The number of hydrogen-bond acceptors (Lipinski definition) is 3. The van der Waals surface area contributed by atoms with Crippen LogP contribution in [-0.4, -0.2) is 10.5 Å². The van der Waals surface area contributed by atoms with E-state index in [9.17, 15) is 9.59 Å². The minimum Gasteiger partial charge on any atom is -0.420 e. The normalized spacial score (nSPS) is 11.7. The Bertz CT molecular complexity index is 1200. The monoisotopic (exact) mass is 517 g/mol. The summed E-state index contributed by atoms with van der Waals surface area (Å²) in [6, 6.07) is 17.5. The summed E-state index contributed by atoms with van der Waals surface area (Å²) in [5.41, 5.74) is 1.51. The van der Waals surface area contributed by atoms with Crippen LogP contribution in [0.4, 0.5) is 0 Å². The number of ether oxygens (including phenoxy) is 1. The molecule has 0 spiro atoms. The second-order valence-corrected chi connectivity index (χ2v) is 11.6. The zero-order chi connectivity index (χ0) is 27.4. The van der Waals surface area contributed by atoms with Gasteiger partial charge in [-0.25, -0.2) is 0 Å². The molecule has 0 aliphatic rings. The molecule has 0 bridgehead atoms. The Kier molecular flexibility index (Phi) is 11.6. The summed E-state index contributed by atoms with van der Waals surface area (Å²) in [6.07, 6.45) is 15.5. The number of fused-ring (bicyclic) bond motifs is 1. The molecule has 3 rings (SSSR count). The third kappa shape index (κ3) is 8.31. The summed E-state index contributed by atoms with van der Waals surface area (Å²) >= 11 is 0. The lowest BCUT2D eigenvalue weighted by atomic mass is 9.97. The number of benzene rings is 2. The summed E-state index contributed by atoms with van der Waals surface area (Å²) < 4.78 is 8.07. The summed E-state index contributed by atoms with van der Waals surface area (Å²) in [5.74, 6) is -0.271. The van der Waals surface area contributed by atoms with Gasteiger partial charge in [0.05, 0.1) is 16.6 Å². The highest BCUT2D eigenvalue weighted by atomic mass is 16.5. The molecule has 0 N–H and O–H groups in total. The molecule has 0 saturated heterocycles. The fourth-order valence-electron chi connectivity index (χ4n) is 4.94. The fourth-order valence-corrected chi connectivity index (χ4v) is 4.94. The third-order valence-corrected chi connectivity index (χ3v) is 7.22. The molecule has 0 fully saturated rings. The number of aryl methyl sites for hydroxylation is 1. The van der Waals surface area contributed by atoms with Gasteiger partial charge in [-0.3, -0.25) is 9.59 Å². The molecule has 3 aromatic rings.